The largest absolute Gasteiger partial charge is 0.311 e. The monoisotopic (exact) mass is 311 g/mol. The summed E-state index contributed by atoms with van der Waals surface area (Å²) in [5, 5.41) is 14.9. The van der Waals surface area contributed by atoms with E-state index in [1.807, 2.05) is 0 Å². The van der Waals surface area contributed by atoms with E-state index in [2.05, 4.69) is 24.3 Å². The van der Waals surface area contributed by atoms with Gasteiger partial charge in [-0.3, -0.25) is 10.1 Å². The van der Waals surface area contributed by atoms with Crippen LogP contribution < -0.4 is 5.32 Å². The maximum atomic E-state index is 11.1. The van der Waals surface area contributed by atoms with E-state index in [4.69, 9.17) is 11.6 Å². The maximum absolute atomic E-state index is 11.1. The van der Waals surface area contributed by atoms with E-state index in [0.717, 1.165) is 19.4 Å². The van der Waals surface area contributed by atoms with Crippen LogP contribution in [0.5, 0.6) is 0 Å². The van der Waals surface area contributed by atoms with Crippen molar-refractivity contribution in [1.29, 1.82) is 0 Å². The molecule has 1 aromatic rings. The first-order chi connectivity index (χ1) is 9.96. The summed E-state index contributed by atoms with van der Waals surface area (Å²) in [4.78, 5) is 13.0. The average Bonchev–Trinajstić information content (AvgIpc) is 2.90. The van der Waals surface area contributed by atoms with E-state index < -0.39 is 0 Å². The van der Waals surface area contributed by atoms with Gasteiger partial charge in [0.15, 0.2) is 0 Å². The van der Waals surface area contributed by atoms with Crippen molar-refractivity contribution in [2.24, 2.45) is 0 Å². The van der Waals surface area contributed by atoms with E-state index in [0.29, 0.717) is 17.1 Å². The molecule has 0 aromatic heterocycles. The fourth-order valence-electron chi connectivity index (χ4n) is 3.13. The molecule has 0 aliphatic heterocycles. The number of hydrogen-bond acceptors (Lipinski definition) is 4. The number of likely N-dealkylation sites (N-methyl/N-ethyl adjacent to an activating group) is 1. The Kier molecular flexibility index (Phi) is 5.19. The topological polar surface area (TPSA) is 58.4 Å². The van der Waals surface area contributed by atoms with Crippen LogP contribution in [0.2, 0.25) is 5.02 Å². The molecule has 1 fully saturated rings. The van der Waals surface area contributed by atoms with E-state index >= 15 is 0 Å². The Morgan fingerprint density at radius 1 is 1.38 bits per heavy atom. The summed E-state index contributed by atoms with van der Waals surface area (Å²) in [7, 11) is 4.20. The van der Waals surface area contributed by atoms with Gasteiger partial charge in [0.25, 0.3) is 5.69 Å². The van der Waals surface area contributed by atoms with Gasteiger partial charge < -0.3 is 10.2 Å². The van der Waals surface area contributed by atoms with Gasteiger partial charge in [-0.25, -0.2) is 0 Å². The van der Waals surface area contributed by atoms with Crippen molar-refractivity contribution >= 4 is 17.3 Å². The Labute approximate surface area is 130 Å². The Bertz CT molecular complexity index is 514. The summed E-state index contributed by atoms with van der Waals surface area (Å²) in [6.07, 6.45) is 4.81. The van der Waals surface area contributed by atoms with Crippen molar-refractivity contribution < 1.29 is 4.92 Å². The SMILES string of the molecule is CN(C)C1(CNCc2c(Cl)cccc2[N+](=O)[O-])CCCC1. The molecule has 0 heterocycles. The van der Waals surface area contributed by atoms with Gasteiger partial charge in [0.2, 0.25) is 0 Å². The minimum Gasteiger partial charge on any atom is -0.311 e. The molecular formula is C15H22ClN3O2. The van der Waals surface area contributed by atoms with Crippen LogP contribution in [0.1, 0.15) is 31.2 Å². The van der Waals surface area contributed by atoms with Crippen LogP contribution in [0, 0.1) is 10.1 Å². The van der Waals surface area contributed by atoms with Crippen molar-refractivity contribution in [2.75, 3.05) is 20.6 Å². The molecule has 1 aliphatic carbocycles. The number of rotatable bonds is 6. The van der Waals surface area contributed by atoms with E-state index in [9.17, 15) is 10.1 Å². The van der Waals surface area contributed by atoms with Crippen molar-refractivity contribution in [3.8, 4) is 0 Å². The third-order valence-corrected chi connectivity index (χ3v) is 4.88. The number of nitro groups is 1. The van der Waals surface area contributed by atoms with Crippen LogP contribution in [0.25, 0.3) is 0 Å². The van der Waals surface area contributed by atoms with Crippen molar-refractivity contribution in [1.82, 2.24) is 10.2 Å². The van der Waals surface area contributed by atoms with Gasteiger partial charge in [0.05, 0.1) is 15.5 Å². The molecule has 0 saturated heterocycles. The van der Waals surface area contributed by atoms with Crippen LogP contribution in [-0.2, 0) is 6.54 Å². The van der Waals surface area contributed by atoms with Gasteiger partial charge in [-0.15, -0.1) is 0 Å². The highest BCUT2D eigenvalue weighted by Crippen LogP contribution is 2.33. The van der Waals surface area contributed by atoms with Gasteiger partial charge in [0, 0.05) is 24.7 Å². The zero-order chi connectivity index (χ0) is 15.5. The lowest BCUT2D eigenvalue weighted by atomic mass is 9.96. The second-order valence-electron chi connectivity index (χ2n) is 5.92. The molecule has 0 spiro atoms. The fourth-order valence-corrected chi connectivity index (χ4v) is 3.37. The molecule has 116 valence electrons. The summed E-state index contributed by atoms with van der Waals surface area (Å²) >= 11 is 6.11. The summed E-state index contributed by atoms with van der Waals surface area (Å²) in [6, 6.07) is 4.81. The Morgan fingerprint density at radius 2 is 2.05 bits per heavy atom. The standard InChI is InChI=1S/C15H22ClN3O2/c1-18(2)15(8-3-4-9-15)11-17-10-12-13(16)6-5-7-14(12)19(20)21/h5-7,17H,3-4,8-11H2,1-2H3. The third-order valence-electron chi connectivity index (χ3n) is 4.53. The number of nitrogens with one attached hydrogen (secondary N) is 1. The lowest BCUT2D eigenvalue weighted by Crippen LogP contribution is -2.49. The molecule has 1 N–H and O–H groups in total. The summed E-state index contributed by atoms with van der Waals surface area (Å²) in [5.74, 6) is 0. The van der Waals surface area contributed by atoms with Gasteiger partial charge >= 0.3 is 0 Å². The molecule has 0 unspecified atom stereocenters. The highest BCUT2D eigenvalue weighted by atomic mass is 35.5. The van der Waals surface area contributed by atoms with Crippen LogP contribution in [0.4, 0.5) is 5.69 Å². The Balaban J connectivity index is 2.05. The molecule has 6 heteroatoms. The molecule has 0 radical (unpaired) electrons. The first kappa shape index (κ1) is 16.2. The molecule has 5 nitrogen and oxygen atoms in total. The van der Waals surface area contributed by atoms with Gasteiger partial charge in [-0.05, 0) is 33.0 Å². The zero-order valence-corrected chi connectivity index (χ0v) is 13.3. The van der Waals surface area contributed by atoms with Crippen molar-refractivity contribution in [3.63, 3.8) is 0 Å². The fraction of sp³-hybridized carbons (Fsp3) is 0.600. The predicted octanol–water partition coefficient (Wildman–Crippen LogP) is 3.21. The first-order valence-corrected chi connectivity index (χ1v) is 7.64. The number of nitro benzene ring substituents is 1. The second-order valence-corrected chi connectivity index (χ2v) is 6.33. The minimum absolute atomic E-state index is 0.0836. The number of hydrogen-bond donors (Lipinski definition) is 1. The molecule has 1 aliphatic rings. The quantitative estimate of drug-likeness (QED) is 0.647. The molecular weight excluding hydrogens is 290 g/mol. The first-order valence-electron chi connectivity index (χ1n) is 7.26. The highest BCUT2D eigenvalue weighted by Gasteiger charge is 2.35. The summed E-state index contributed by atoms with van der Waals surface area (Å²) in [5.41, 5.74) is 0.812. The summed E-state index contributed by atoms with van der Waals surface area (Å²) < 4.78 is 0. The number of halogens is 1. The molecule has 21 heavy (non-hydrogen) atoms. The third kappa shape index (κ3) is 3.54. The van der Waals surface area contributed by atoms with Crippen LogP contribution in [0.15, 0.2) is 18.2 Å². The Morgan fingerprint density at radius 3 is 2.62 bits per heavy atom. The van der Waals surface area contributed by atoms with Crippen LogP contribution in [-0.4, -0.2) is 36.0 Å². The zero-order valence-electron chi connectivity index (χ0n) is 12.6. The second kappa shape index (κ2) is 6.73. The Hall–Kier alpha value is -1.17. The predicted molar refractivity (Wildman–Crippen MR) is 84.7 cm³/mol. The molecule has 1 aromatic carbocycles. The van der Waals surface area contributed by atoms with Crippen LogP contribution >= 0.6 is 11.6 Å². The van der Waals surface area contributed by atoms with Gasteiger partial charge in [-0.2, -0.15) is 0 Å². The van der Waals surface area contributed by atoms with Crippen LogP contribution in [0.3, 0.4) is 0 Å². The van der Waals surface area contributed by atoms with Crippen molar-refractivity contribution in [2.45, 2.75) is 37.8 Å². The summed E-state index contributed by atoms with van der Waals surface area (Å²) in [6.45, 7) is 1.24. The number of benzene rings is 1. The highest BCUT2D eigenvalue weighted by molar-refractivity contribution is 6.31. The lowest BCUT2D eigenvalue weighted by Gasteiger charge is -2.36. The maximum Gasteiger partial charge on any atom is 0.275 e. The molecule has 0 bridgehead atoms. The normalized spacial score (nSPS) is 17.3. The average molecular weight is 312 g/mol. The van der Waals surface area contributed by atoms with E-state index in [1.54, 1.807) is 12.1 Å². The van der Waals surface area contributed by atoms with Gasteiger partial charge in [-0.1, -0.05) is 30.5 Å². The molecule has 0 amide bonds. The smallest absolute Gasteiger partial charge is 0.275 e. The van der Waals surface area contributed by atoms with Gasteiger partial charge in [0.1, 0.15) is 0 Å². The van der Waals surface area contributed by atoms with Crippen molar-refractivity contribution in [3.05, 3.63) is 38.9 Å². The van der Waals surface area contributed by atoms with E-state index in [1.165, 1.54) is 18.9 Å². The number of nitrogens with zero attached hydrogens (tertiary/aromatic N) is 2. The minimum atomic E-state index is -0.375. The molecule has 2 rings (SSSR count). The van der Waals surface area contributed by atoms with E-state index in [-0.39, 0.29) is 16.1 Å². The lowest BCUT2D eigenvalue weighted by molar-refractivity contribution is -0.385. The molecule has 1 saturated carbocycles. The molecule has 0 atom stereocenters.